The van der Waals surface area contributed by atoms with Crippen LogP contribution in [0.5, 0.6) is 0 Å². The smallest absolute Gasteiger partial charge is 0.505 e. The standard InChI is InChI=1S/C10H9BF2O2/c1-8(14)7-10(15-11(12)13)9-5-3-2-4-6-9/h2-7H,1H3. The monoisotopic (exact) mass is 210 g/mol. The molecule has 0 heterocycles. The van der Waals surface area contributed by atoms with E-state index in [1.54, 1.807) is 30.3 Å². The van der Waals surface area contributed by atoms with Crippen LogP contribution in [0.3, 0.4) is 0 Å². The highest BCUT2D eigenvalue weighted by Gasteiger charge is 2.20. The van der Waals surface area contributed by atoms with Gasteiger partial charge in [0, 0.05) is 11.6 Å². The maximum atomic E-state index is 12.0. The number of hydrogen-bond donors (Lipinski definition) is 0. The van der Waals surface area contributed by atoms with E-state index in [9.17, 15) is 13.4 Å². The maximum Gasteiger partial charge on any atom is 0.796 e. The molecule has 0 saturated carbocycles. The molecule has 5 heteroatoms. The molecule has 15 heavy (non-hydrogen) atoms. The summed E-state index contributed by atoms with van der Waals surface area (Å²) in [5, 5.41) is 0. The molecular weight excluding hydrogens is 201 g/mol. The molecule has 0 fully saturated rings. The first-order chi connectivity index (χ1) is 7.09. The SMILES string of the molecule is CC(=O)C=C(OB(F)F)c1ccccc1. The van der Waals surface area contributed by atoms with E-state index in [0.717, 1.165) is 6.08 Å². The molecule has 0 aliphatic heterocycles. The van der Waals surface area contributed by atoms with Gasteiger partial charge >= 0.3 is 7.47 Å². The van der Waals surface area contributed by atoms with Crippen LogP contribution in [0.1, 0.15) is 12.5 Å². The Balaban J connectivity index is 2.97. The van der Waals surface area contributed by atoms with Crippen LogP contribution in [0.4, 0.5) is 8.63 Å². The second kappa shape index (κ2) is 5.29. The molecule has 0 aliphatic rings. The second-order valence-electron chi connectivity index (χ2n) is 2.86. The van der Waals surface area contributed by atoms with Crippen molar-refractivity contribution in [3.8, 4) is 0 Å². The molecule has 1 aromatic carbocycles. The van der Waals surface area contributed by atoms with Gasteiger partial charge in [-0.2, -0.15) is 0 Å². The van der Waals surface area contributed by atoms with E-state index in [-0.39, 0.29) is 11.5 Å². The highest BCUT2D eigenvalue weighted by atomic mass is 19.2. The average molecular weight is 210 g/mol. The highest BCUT2D eigenvalue weighted by molar-refractivity contribution is 6.36. The van der Waals surface area contributed by atoms with E-state index < -0.39 is 7.47 Å². The largest absolute Gasteiger partial charge is 0.796 e. The molecule has 0 unspecified atom stereocenters. The summed E-state index contributed by atoms with van der Waals surface area (Å²) in [6.45, 7) is 1.28. The number of rotatable bonds is 4. The van der Waals surface area contributed by atoms with Crippen LogP contribution >= 0.6 is 0 Å². The molecule has 0 spiro atoms. The Morgan fingerprint density at radius 1 is 1.33 bits per heavy atom. The Kier molecular flexibility index (Phi) is 4.03. The van der Waals surface area contributed by atoms with Gasteiger partial charge in [0.1, 0.15) is 5.76 Å². The number of allylic oxidation sites excluding steroid dienone is 1. The molecule has 0 N–H and O–H groups in total. The van der Waals surface area contributed by atoms with Crippen LogP contribution in [0.2, 0.25) is 0 Å². The predicted octanol–water partition coefficient (Wildman–Crippen LogP) is 2.56. The summed E-state index contributed by atoms with van der Waals surface area (Å²) < 4.78 is 28.3. The first kappa shape index (κ1) is 11.4. The lowest BCUT2D eigenvalue weighted by Crippen LogP contribution is -2.05. The summed E-state index contributed by atoms with van der Waals surface area (Å²) in [5.41, 5.74) is 0.452. The molecule has 0 bridgehead atoms. The fourth-order valence-corrected chi connectivity index (χ4v) is 1.07. The summed E-state index contributed by atoms with van der Waals surface area (Å²) in [7, 11) is -2.93. The topological polar surface area (TPSA) is 26.3 Å². The number of hydrogen-bond acceptors (Lipinski definition) is 2. The zero-order valence-corrected chi connectivity index (χ0v) is 8.11. The van der Waals surface area contributed by atoms with E-state index in [0.29, 0.717) is 5.56 Å². The molecule has 0 saturated heterocycles. The van der Waals surface area contributed by atoms with Crippen molar-refractivity contribution in [1.82, 2.24) is 0 Å². The van der Waals surface area contributed by atoms with Crippen molar-refractivity contribution in [1.29, 1.82) is 0 Å². The summed E-state index contributed by atoms with van der Waals surface area (Å²) in [6, 6.07) is 8.29. The normalized spacial score (nSPS) is 11.0. The van der Waals surface area contributed by atoms with Crippen molar-refractivity contribution in [2.75, 3.05) is 0 Å². The van der Waals surface area contributed by atoms with E-state index in [2.05, 4.69) is 4.65 Å². The molecule has 0 radical (unpaired) electrons. The summed E-state index contributed by atoms with van der Waals surface area (Å²) >= 11 is 0. The van der Waals surface area contributed by atoms with Crippen molar-refractivity contribution >= 4 is 19.0 Å². The van der Waals surface area contributed by atoms with Gasteiger partial charge in [-0.15, -0.1) is 0 Å². The van der Waals surface area contributed by atoms with E-state index in [1.807, 2.05) is 0 Å². The molecule has 1 aromatic rings. The number of benzene rings is 1. The van der Waals surface area contributed by atoms with Gasteiger partial charge in [-0.3, -0.25) is 4.79 Å². The fraction of sp³-hybridized carbons (Fsp3) is 0.100. The van der Waals surface area contributed by atoms with E-state index in [1.165, 1.54) is 6.92 Å². The molecule has 2 nitrogen and oxygen atoms in total. The van der Waals surface area contributed by atoms with Crippen LogP contribution in [-0.4, -0.2) is 13.3 Å². The van der Waals surface area contributed by atoms with Gasteiger partial charge in [0.05, 0.1) is 0 Å². The van der Waals surface area contributed by atoms with Crippen molar-refractivity contribution in [3.63, 3.8) is 0 Å². The van der Waals surface area contributed by atoms with Crippen molar-refractivity contribution in [2.45, 2.75) is 6.92 Å². The molecule has 0 aliphatic carbocycles. The quantitative estimate of drug-likeness (QED) is 0.433. The highest BCUT2D eigenvalue weighted by Crippen LogP contribution is 2.17. The van der Waals surface area contributed by atoms with Crippen molar-refractivity contribution in [2.24, 2.45) is 0 Å². The first-order valence-electron chi connectivity index (χ1n) is 4.32. The minimum Gasteiger partial charge on any atom is -0.505 e. The minimum atomic E-state index is -2.93. The molecule has 0 amide bonds. The van der Waals surface area contributed by atoms with Crippen LogP contribution < -0.4 is 0 Å². The number of carbonyl (C=O) groups is 1. The molecular formula is C10H9BF2O2. The van der Waals surface area contributed by atoms with Crippen LogP contribution in [-0.2, 0) is 9.45 Å². The lowest BCUT2D eigenvalue weighted by molar-refractivity contribution is -0.112. The van der Waals surface area contributed by atoms with Gasteiger partial charge < -0.3 is 4.65 Å². The van der Waals surface area contributed by atoms with Crippen LogP contribution in [0, 0.1) is 0 Å². The zero-order valence-electron chi connectivity index (χ0n) is 8.11. The van der Waals surface area contributed by atoms with E-state index >= 15 is 0 Å². The van der Waals surface area contributed by atoms with Gasteiger partial charge in [-0.05, 0) is 6.92 Å². The zero-order chi connectivity index (χ0) is 11.3. The molecule has 1 rings (SSSR count). The Morgan fingerprint density at radius 2 is 1.93 bits per heavy atom. The van der Waals surface area contributed by atoms with Crippen molar-refractivity contribution < 1.29 is 18.1 Å². The van der Waals surface area contributed by atoms with Crippen LogP contribution in [0.25, 0.3) is 5.76 Å². The Labute approximate surface area is 86.8 Å². The number of halogens is 2. The maximum absolute atomic E-state index is 12.0. The third-order valence-electron chi connectivity index (χ3n) is 1.61. The van der Waals surface area contributed by atoms with Crippen LogP contribution in [0.15, 0.2) is 36.4 Å². The van der Waals surface area contributed by atoms with Gasteiger partial charge in [0.15, 0.2) is 5.78 Å². The van der Waals surface area contributed by atoms with Gasteiger partial charge in [0.2, 0.25) is 0 Å². The molecule has 0 atom stereocenters. The molecule has 0 aromatic heterocycles. The van der Waals surface area contributed by atoms with E-state index in [4.69, 9.17) is 0 Å². The van der Waals surface area contributed by atoms with Gasteiger partial charge in [0.25, 0.3) is 0 Å². The lowest BCUT2D eigenvalue weighted by atomic mass is 10.1. The predicted molar refractivity (Wildman–Crippen MR) is 54.2 cm³/mol. The van der Waals surface area contributed by atoms with Crippen molar-refractivity contribution in [3.05, 3.63) is 42.0 Å². The Morgan fingerprint density at radius 3 is 2.40 bits per heavy atom. The Hall–Kier alpha value is -1.65. The third-order valence-corrected chi connectivity index (χ3v) is 1.61. The summed E-state index contributed by atoms with van der Waals surface area (Å²) in [4.78, 5) is 10.8. The fourth-order valence-electron chi connectivity index (χ4n) is 1.07. The molecule has 78 valence electrons. The average Bonchev–Trinajstić information content (AvgIpc) is 2.17. The minimum absolute atomic E-state index is 0.113. The van der Waals surface area contributed by atoms with Gasteiger partial charge in [-0.1, -0.05) is 30.3 Å². The first-order valence-corrected chi connectivity index (χ1v) is 4.32. The van der Waals surface area contributed by atoms with Gasteiger partial charge in [-0.25, -0.2) is 8.63 Å². The Bertz CT molecular complexity index is 363. The third kappa shape index (κ3) is 3.93. The number of carbonyl (C=O) groups excluding carboxylic acids is 1. The number of ketones is 1. The summed E-state index contributed by atoms with van der Waals surface area (Å²) in [6.07, 6.45) is 1.04. The lowest BCUT2D eigenvalue weighted by Gasteiger charge is -2.07. The summed E-state index contributed by atoms with van der Waals surface area (Å²) in [5.74, 6) is -0.451. The second-order valence-corrected chi connectivity index (χ2v) is 2.86.